The Bertz CT molecular complexity index is 2070. The molecule has 2 aromatic carbocycles. The first-order valence-electron chi connectivity index (χ1n) is 11.5. The zero-order valence-electron chi connectivity index (χ0n) is 21.5. The normalized spacial score (nSPS) is 14.4. The van der Waals surface area contributed by atoms with Crippen molar-refractivity contribution in [1.82, 2.24) is 9.78 Å². The van der Waals surface area contributed by atoms with Gasteiger partial charge < -0.3 is 10.2 Å². The summed E-state index contributed by atoms with van der Waals surface area (Å²) in [5.74, 6) is -2.36. The summed E-state index contributed by atoms with van der Waals surface area (Å²) in [6.45, 7) is 0. The Morgan fingerprint density at radius 2 is 1.45 bits per heavy atom. The van der Waals surface area contributed by atoms with Crippen LogP contribution in [-0.2, 0) is 34.7 Å². The molecule has 0 fully saturated rings. The zero-order chi connectivity index (χ0) is 32.4. The Kier molecular flexibility index (Phi) is 8.48. The summed E-state index contributed by atoms with van der Waals surface area (Å²) in [5.41, 5.74) is -1.98. The molecule has 44 heavy (non-hydrogen) atoms. The number of nitrogens with zero attached hydrogens (tertiary/aromatic N) is 4. The zero-order valence-corrected chi connectivity index (χ0v) is 23.1. The average Bonchev–Trinajstić information content (AvgIpc) is 3.48. The number of benzene rings is 2. The second-order valence-electron chi connectivity index (χ2n) is 8.39. The molecule has 1 aromatic heterocycles. The molecule has 0 atom stereocenters. The second-order valence-corrected chi connectivity index (χ2v) is 11.2. The highest BCUT2D eigenvalue weighted by Gasteiger charge is 2.34. The fourth-order valence-electron chi connectivity index (χ4n) is 3.73. The van der Waals surface area contributed by atoms with E-state index in [1.165, 1.54) is 6.11 Å². The molecule has 3 aromatic rings. The Morgan fingerprint density at radius 3 is 1.95 bits per heavy atom. The summed E-state index contributed by atoms with van der Waals surface area (Å²) in [7, 11) is -9.09. The number of allylic oxidation sites excluding steroid dienone is 2. The van der Waals surface area contributed by atoms with Gasteiger partial charge >= 0.3 is 5.97 Å². The van der Waals surface area contributed by atoms with Crippen molar-refractivity contribution in [3.8, 4) is 23.6 Å². The van der Waals surface area contributed by atoms with Crippen LogP contribution in [-0.4, -0.2) is 74.6 Å². The van der Waals surface area contributed by atoms with Crippen molar-refractivity contribution >= 4 is 55.4 Å². The number of aliphatic hydroxyl groups is 1. The SMILES string of the molecule is O=C(C#CO)C1=NN(c2ccc(S(=O)(=O)O)cc2)C(=O)/C1=C\C=Cc1c(C(=O)OO)nn(-c2ccc(S(=O)(=O)O)cc2)c1O. The first kappa shape index (κ1) is 31.3. The number of hydrazone groups is 1. The number of ketones is 1. The van der Waals surface area contributed by atoms with Gasteiger partial charge in [0.05, 0.1) is 32.3 Å². The van der Waals surface area contributed by atoms with Crippen LogP contribution in [0, 0.1) is 12.0 Å². The van der Waals surface area contributed by atoms with Crippen LogP contribution in [0.25, 0.3) is 11.8 Å². The molecule has 1 amide bonds. The van der Waals surface area contributed by atoms with E-state index in [1.807, 2.05) is 0 Å². The van der Waals surface area contributed by atoms with Gasteiger partial charge in [0.1, 0.15) is 6.11 Å². The molecule has 0 spiro atoms. The maximum atomic E-state index is 13.2. The number of carbonyl (C=O) groups excluding carboxylic acids is 3. The third-order valence-electron chi connectivity index (χ3n) is 5.72. The van der Waals surface area contributed by atoms with Gasteiger partial charge in [-0.2, -0.15) is 42.0 Å². The highest BCUT2D eigenvalue weighted by molar-refractivity contribution is 7.86. The molecule has 1 aliphatic rings. The standard InChI is InChI=1S/C25H16N4O13S2/c30-13-12-20(31)21-18(23(32)28(26-21)14-4-8-16(9-5-14)43(36,37)38)2-1-3-19-22(25(34)42-35)27-29(24(19)33)15-6-10-17(11-7-15)44(39,40)41/h1-11,30,33,35H,(H,36,37,38)(H,39,40,41)/b3-1?,18-2-. The quantitative estimate of drug-likeness (QED) is 0.0752. The molecule has 0 radical (unpaired) electrons. The lowest BCUT2D eigenvalue weighted by Crippen LogP contribution is -2.22. The first-order chi connectivity index (χ1) is 20.7. The summed E-state index contributed by atoms with van der Waals surface area (Å²) in [5, 5.41) is 37.0. The van der Waals surface area contributed by atoms with Crippen LogP contribution in [0.2, 0.25) is 0 Å². The minimum atomic E-state index is -4.55. The smallest absolute Gasteiger partial charge is 0.393 e. The van der Waals surface area contributed by atoms with Crippen LogP contribution in [0.4, 0.5) is 5.69 Å². The first-order valence-corrected chi connectivity index (χ1v) is 14.4. The minimum absolute atomic E-state index is 0.00381. The van der Waals surface area contributed by atoms with Crippen LogP contribution < -0.4 is 5.01 Å². The maximum Gasteiger partial charge on any atom is 0.393 e. The van der Waals surface area contributed by atoms with Crippen molar-refractivity contribution in [2.24, 2.45) is 5.10 Å². The number of rotatable bonds is 8. The van der Waals surface area contributed by atoms with Gasteiger partial charge in [0.15, 0.2) is 11.4 Å². The molecule has 0 saturated heterocycles. The number of aromatic hydroxyl groups is 1. The summed E-state index contributed by atoms with van der Waals surface area (Å²) in [6.07, 6.45) is 4.51. The van der Waals surface area contributed by atoms with Crippen LogP contribution in [0.1, 0.15) is 16.1 Å². The summed E-state index contributed by atoms with van der Waals surface area (Å²) >= 11 is 0. The number of aromatic nitrogens is 2. The number of aliphatic hydroxyl groups excluding tert-OH is 1. The lowest BCUT2D eigenvalue weighted by atomic mass is 10.1. The lowest BCUT2D eigenvalue weighted by molar-refractivity contribution is -0.183. The van der Waals surface area contributed by atoms with E-state index in [0.29, 0.717) is 5.01 Å². The molecule has 0 saturated carbocycles. The maximum absolute atomic E-state index is 13.2. The number of hydrogen-bond acceptors (Lipinski definition) is 13. The van der Waals surface area contributed by atoms with Gasteiger partial charge in [-0.1, -0.05) is 6.08 Å². The Balaban J connectivity index is 1.74. The van der Waals surface area contributed by atoms with Crippen LogP contribution in [0.15, 0.2) is 81.1 Å². The molecule has 0 aliphatic carbocycles. The van der Waals surface area contributed by atoms with E-state index in [9.17, 15) is 36.3 Å². The molecule has 0 bridgehead atoms. The molecule has 1 aliphatic heterocycles. The molecular weight excluding hydrogens is 628 g/mol. The fourth-order valence-corrected chi connectivity index (χ4v) is 4.69. The summed E-state index contributed by atoms with van der Waals surface area (Å²) in [4.78, 5) is 40.5. The van der Waals surface area contributed by atoms with E-state index < -0.39 is 70.5 Å². The van der Waals surface area contributed by atoms with Gasteiger partial charge in [-0.25, -0.2) is 4.79 Å². The minimum Gasteiger partial charge on any atom is -0.493 e. The van der Waals surface area contributed by atoms with Crippen molar-refractivity contribution in [3.05, 3.63) is 77.5 Å². The Hall–Kier alpha value is -5.65. The molecule has 0 unspecified atom stereocenters. The molecule has 17 nitrogen and oxygen atoms in total. The van der Waals surface area contributed by atoms with E-state index in [-0.39, 0.29) is 16.9 Å². The van der Waals surface area contributed by atoms with E-state index >= 15 is 0 Å². The largest absolute Gasteiger partial charge is 0.493 e. The topological polar surface area (TPSA) is 263 Å². The third-order valence-corrected chi connectivity index (χ3v) is 7.46. The van der Waals surface area contributed by atoms with Crippen LogP contribution >= 0.6 is 0 Å². The number of anilines is 1. The van der Waals surface area contributed by atoms with Gasteiger partial charge in [0, 0.05) is 5.92 Å². The van der Waals surface area contributed by atoms with Crippen molar-refractivity contribution in [2.45, 2.75) is 9.79 Å². The lowest BCUT2D eigenvalue weighted by Gasteiger charge is -2.11. The number of hydrogen-bond donors (Lipinski definition) is 5. The second kappa shape index (κ2) is 11.9. The molecule has 5 N–H and O–H groups in total. The van der Waals surface area contributed by atoms with E-state index in [1.54, 1.807) is 5.92 Å². The molecular formula is C25H16N4O13S2. The summed E-state index contributed by atoms with van der Waals surface area (Å²) < 4.78 is 64.3. The van der Waals surface area contributed by atoms with Crippen molar-refractivity contribution < 1.29 is 60.7 Å². The van der Waals surface area contributed by atoms with Gasteiger partial charge in [-0.3, -0.25) is 23.6 Å². The summed E-state index contributed by atoms with van der Waals surface area (Å²) in [6, 6.07) is 8.41. The predicted molar refractivity (Wildman–Crippen MR) is 146 cm³/mol. The molecule has 226 valence electrons. The van der Waals surface area contributed by atoms with Gasteiger partial charge in [0.25, 0.3) is 31.9 Å². The predicted octanol–water partition coefficient (Wildman–Crippen LogP) is 0.946. The van der Waals surface area contributed by atoms with Crippen molar-refractivity contribution in [1.29, 1.82) is 0 Å². The third kappa shape index (κ3) is 6.24. The van der Waals surface area contributed by atoms with E-state index in [4.69, 9.17) is 19.5 Å². The highest BCUT2D eigenvalue weighted by atomic mass is 32.2. The average molecular weight is 645 g/mol. The van der Waals surface area contributed by atoms with Crippen molar-refractivity contribution in [3.63, 3.8) is 0 Å². The number of carbonyl (C=O) groups is 3. The van der Waals surface area contributed by atoms with Gasteiger partial charge in [0.2, 0.25) is 5.88 Å². The van der Waals surface area contributed by atoms with Crippen molar-refractivity contribution in [2.75, 3.05) is 5.01 Å². The number of amides is 1. The monoisotopic (exact) mass is 644 g/mol. The fraction of sp³-hybridized carbons (Fsp3) is 0. The molecule has 4 rings (SSSR count). The van der Waals surface area contributed by atoms with Crippen LogP contribution in [0.3, 0.4) is 0 Å². The molecule has 2 heterocycles. The number of Topliss-reactive ketones (excluding diaryl/α,β-unsaturated/α-hetero) is 1. The molecule has 19 heteroatoms. The Labute approximate surface area is 246 Å². The highest BCUT2D eigenvalue weighted by Crippen LogP contribution is 2.29. The van der Waals surface area contributed by atoms with Gasteiger partial charge in [-0.15, -0.1) is 0 Å². The van der Waals surface area contributed by atoms with Crippen LogP contribution in [0.5, 0.6) is 5.88 Å². The van der Waals surface area contributed by atoms with Gasteiger partial charge in [-0.05, 0) is 60.7 Å². The van der Waals surface area contributed by atoms with E-state index in [2.05, 4.69) is 15.1 Å². The van der Waals surface area contributed by atoms with E-state index in [0.717, 1.165) is 71.4 Å². The Morgan fingerprint density at radius 1 is 0.909 bits per heavy atom.